The van der Waals surface area contributed by atoms with E-state index in [1.807, 2.05) is 13.8 Å². The van der Waals surface area contributed by atoms with Crippen molar-refractivity contribution in [3.63, 3.8) is 0 Å². The lowest BCUT2D eigenvalue weighted by Gasteiger charge is -2.56. The molecule has 5 atom stereocenters. The average Bonchev–Trinajstić information content (AvgIpc) is 2.68. The van der Waals surface area contributed by atoms with Crippen LogP contribution in [0.25, 0.3) is 0 Å². The molecule has 1 heterocycles. The zero-order valence-electron chi connectivity index (χ0n) is 13.6. The zero-order chi connectivity index (χ0) is 14.3. The molecule has 3 rings (SSSR count). The molecule has 0 N–H and O–H groups in total. The molecule has 0 spiro atoms. The predicted octanol–water partition coefficient (Wildman–Crippen LogP) is 5.56. The normalized spacial score (nSPS) is 48.5. The standard InChI is InChI=1S/C16H26O.C2H6/c1-11-6-5-8-15(3)13(11)7-9-16(4)14(15)10-12(2)17-16;1-2/h11,13-14H,2,5-10H2,1,3-4H3;1-2H3. The summed E-state index contributed by atoms with van der Waals surface area (Å²) in [5.41, 5.74) is 0.601. The highest BCUT2D eigenvalue weighted by atomic mass is 16.5. The van der Waals surface area contributed by atoms with Crippen LogP contribution in [0.3, 0.4) is 0 Å². The molecule has 0 aromatic carbocycles. The lowest BCUT2D eigenvalue weighted by Crippen LogP contribution is -2.53. The highest BCUT2D eigenvalue weighted by Crippen LogP contribution is 2.63. The van der Waals surface area contributed by atoms with Crippen molar-refractivity contribution in [2.24, 2.45) is 23.2 Å². The fraction of sp³-hybridized carbons (Fsp3) is 0.889. The number of hydrogen-bond donors (Lipinski definition) is 0. The SMILES string of the molecule is C=C1CC2C(C)(CCC3C(C)CCCC32C)O1.CC. The van der Waals surface area contributed by atoms with Gasteiger partial charge in [0.2, 0.25) is 0 Å². The van der Waals surface area contributed by atoms with Gasteiger partial charge in [-0.05, 0) is 43.4 Å². The van der Waals surface area contributed by atoms with Gasteiger partial charge in [0.15, 0.2) is 0 Å². The van der Waals surface area contributed by atoms with E-state index in [0.717, 1.165) is 24.0 Å². The van der Waals surface area contributed by atoms with Gasteiger partial charge in [0.05, 0.1) is 5.76 Å². The highest BCUT2D eigenvalue weighted by Gasteiger charge is 2.59. The second-order valence-electron chi connectivity index (χ2n) is 7.23. The van der Waals surface area contributed by atoms with Crippen molar-refractivity contribution in [1.82, 2.24) is 0 Å². The molecule has 0 radical (unpaired) electrons. The van der Waals surface area contributed by atoms with Crippen molar-refractivity contribution < 1.29 is 4.74 Å². The number of fused-ring (bicyclic) bond motifs is 3. The van der Waals surface area contributed by atoms with Crippen LogP contribution in [0.15, 0.2) is 12.3 Å². The lowest BCUT2D eigenvalue weighted by molar-refractivity contribution is -0.120. The maximum atomic E-state index is 6.11. The number of ether oxygens (including phenoxy) is 1. The van der Waals surface area contributed by atoms with Crippen LogP contribution in [0.2, 0.25) is 0 Å². The van der Waals surface area contributed by atoms with Gasteiger partial charge in [-0.1, -0.05) is 47.1 Å². The summed E-state index contributed by atoms with van der Waals surface area (Å²) < 4.78 is 6.11. The summed E-state index contributed by atoms with van der Waals surface area (Å²) in [5.74, 6) is 3.58. The molecule has 1 saturated heterocycles. The number of allylic oxidation sites excluding steroid dienone is 1. The zero-order valence-corrected chi connectivity index (χ0v) is 13.6. The maximum absolute atomic E-state index is 6.11. The minimum atomic E-state index is 0.0966. The summed E-state index contributed by atoms with van der Waals surface area (Å²) >= 11 is 0. The van der Waals surface area contributed by atoms with Crippen LogP contribution in [0.5, 0.6) is 0 Å². The minimum Gasteiger partial charge on any atom is -0.492 e. The smallest absolute Gasteiger partial charge is 0.109 e. The Morgan fingerprint density at radius 1 is 1.16 bits per heavy atom. The van der Waals surface area contributed by atoms with Gasteiger partial charge in [0.25, 0.3) is 0 Å². The third-order valence-corrected chi connectivity index (χ3v) is 6.20. The van der Waals surface area contributed by atoms with Gasteiger partial charge in [-0.15, -0.1) is 0 Å². The van der Waals surface area contributed by atoms with Gasteiger partial charge in [0, 0.05) is 12.3 Å². The molecule has 0 aromatic heterocycles. The van der Waals surface area contributed by atoms with E-state index >= 15 is 0 Å². The number of rotatable bonds is 0. The summed E-state index contributed by atoms with van der Waals surface area (Å²) in [6.07, 6.45) is 7.95. The molecular formula is C18H32O. The van der Waals surface area contributed by atoms with E-state index < -0.39 is 0 Å². The average molecular weight is 264 g/mol. The summed E-state index contributed by atoms with van der Waals surface area (Å²) in [6, 6.07) is 0. The largest absolute Gasteiger partial charge is 0.492 e. The molecule has 1 nitrogen and oxygen atoms in total. The molecule has 5 unspecified atom stereocenters. The Morgan fingerprint density at radius 3 is 2.53 bits per heavy atom. The molecule has 3 fully saturated rings. The van der Waals surface area contributed by atoms with Gasteiger partial charge in [-0.25, -0.2) is 0 Å². The first-order valence-corrected chi connectivity index (χ1v) is 8.32. The third-order valence-electron chi connectivity index (χ3n) is 6.20. The molecule has 1 heteroatoms. The maximum Gasteiger partial charge on any atom is 0.109 e. The molecule has 2 aliphatic carbocycles. The topological polar surface area (TPSA) is 9.23 Å². The van der Waals surface area contributed by atoms with Crippen LogP contribution in [-0.4, -0.2) is 5.60 Å². The monoisotopic (exact) mass is 264 g/mol. The van der Waals surface area contributed by atoms with Crippen molar-refractivity contribution >= 4 is 0 Å². The summed E-state index contributed by atoms with van der Waals surface area (Å²) in [4.78, 5) is 0. The van der Waals surface area contributed by atoms with Crippen molar-refractivity contribution in [3.8, 4) is 0 Å². The minimum absolute atomic E-state index is 0.0966. The second kappa shape index (κ2) is 5.14. The van der Waals surface area contributed by atoms with Crippen molar-refractivity contribution in [2.75, 3.05) is 0 Å². The highest BCUT2D eigenvalue weighted by molar-refractivity contribution is 5.13. The Labute approximate surface area is 119 Å². The summed E-state index contributed by atoms with van der Waals surface area (Å²) in [7, 11) is 0. The Bertz CT molecular complexity index is 348. The Balaban J connectivity index is 0.000000637. The molecular weight excluding hydrogens is 232 g/mol. The Hall–Kier alpha value is -0.460. The quantitative estimate of drug-likeness (QED) is 0.556. The fourth-order valence-electron chi connectivity index (χ4n) is 5.37. The summed E-state index contributed by atoms with van der Waals surface area (Å²) in [6.45, 7) is 15.4. The van der Waals surface area contributed by atoms with Crippen molar-refractivity contribution in [2.45, 2.75) is 78.7 Å². The van der Waals surface area contributed by atoms with Gasteiger partial charge in [-0.2, -0.15) is 0 Å². The van der Waals surface area contributed by atoms with Crippen LogP contribution in [-0.2, 0) is 4.74 Å². The second-order valence-corrected chi connectivity index (χ2v) is 7.23. The first-order chi connectivity index (χ1) is 8.96. The van der Waals surface area contributed by atoms with Gasteiger partial charge >= 0.3 is 0 Å². The first-order valence-electron chi connectivity index (χ1n) is 8.32. The fourth-order valence-corrected chi connectivity index (χ4v) is 5.37. The molecule has 0 aromatic rings. The van der Waals surface area contributed by atoms with Crippen LogP contribution in [0.1, 0.15) is 73.1 Å². The Kier molecular flexibility index (Phi) is 4.05. The van der Waals surface area contributed by atoms with E-state index in [2.05, 4.69) is 27.4 Å². The predicted molar refractivity (Wildman–Crippen MR) is 81.9 cm³/mol. The van der Waals surface area contributed by atoms with Crippen LogP contribution in [0.4, 0.5) is 0 Å². The van der Waals surface area contributed by atoms with Crippen LogP contribution in [0, 0.1) is 23.2 Å². The number of hydrogen-bond acceptors (Lipinski definition) is 1. The van der Waals surface area contributed by atoms with E-state index in [4.69, 9.17) is 4.74 Å². The van der Waals surface area contributed by atoms with E-state index in [0.29, 0.717) is 11.3 Å². The van der Waals surface area contributed by atoms with Crippen LogP contribution >= 0.6 is 0 Å². The van der Waals surface area contributed by atoms with E-state index in [1.165, 1.54) is 32.1 Å². The Morgan fingerprint density at radius 2 is 1.84 bits per heavy atom. The molecule has 2 saturated carbocycles. The van der Waals surface area contributed by atoms with E-state index in [-0.39, 0.29) is 5.60 Å². The molecule has 110 valence electrons. The van der Waals surface area contributed by atoms with Gasteiger partial charge < -0.3 is 4.74 Å². The third kappa shape index (κ3) is 2.23. The van der Waals surface area contributed by atoms with Gasteiger partial charge in [-0.3, -0.25) is 0 Å². The molecule has 3 aliphatic rings. The molecule has 0 bridgehead atoms. The van der Waals surface area contributed by atoms with Crippen molar-refractivity contribution in [1.29, 1.82) is 0 Å². The van der Waals surface area contributed by atoms with Gasteiger partial charge in [0.1, 0.15) is 5.60 Å². The molecule has 19 heavy (non-hydrogen) atoms. The molecule has 1 aliphatic heterocycles. The summed E-state index contributed by atoms with van der Waals surface area (Å²) in [5, 5.41) is 0. The first kappa shape index (κ1) is 14.9. The lowest BCUT2D eigenvalue weighted by atomic mass is 9.49. The van der Waals surface area contributed by atoms with E-state index in [1.54, 1.807) is 0 Å². The molecule has 0 amide bonds. The van der Waals surface area contributed by atoms with E-state index in [9.17, 15) is 0 Å². The van der Waals surface area contributed by atoms with Crippen LogP contribution < -0.4 is 0 Å². The van der Waals surface area contributed by atoms with Crippen molar-refractivity contribution in [3.05, 3.63) is 12.3 Å².